The van der Waals surface area contributed by atoms with Gasteiger partial charge >= 0.3 is 0 Å². The molecule has 0 saturated carbocycles. The molecule has 1 N–H and O–H groups in total. The van der Waals surface area contributed by atoms with Gasteiger partial charge in [0.15, 0.2) is 0 Å². The molecule has 0 atom stereocenters. The lowest BCUT2D eigenvalue weighted by Gasteiger charge is -2.00. The predicted octanol–water partition coefficient (Wildman–Crippen LogP) is 3.08. The SMILES string of the molecule is CC(=O)O.CCCCCOCCCC. The Balaban J connectivity index is 0. The van der Waals surface area contributed by atoms with E-state index in [9.17, 15) is 0 Å². The Kier molecular flexibility index (Phi) is 16.9. The second-order valence-electron chi connectivity index (χ2n) is 3.19. The molecule has 0 radical (unpaired) electrons. The molecular formula is C11H24O3. The third kappa shape index (κ3) is 30.1. The van der Waals surface area contributed by atoms with Crippen LogP contribution in [0.25, 0.3) is 0 Å². The van der Waals surface area contributed by atoms with Gasteiger partial charge in [0.2, 0.25) is 0 Å². The topological polar surface area (TPSA) is 46.5 Å². The van der Waals surface area contributed by atoms with Crippen LogP contribution < -0.4 is 0 Å². The van der Waals surface area contributed by atoms with E-state index in [1.807, 2.05) is 0 Å². The Labute approximate surface area is 87.5 Å². The molecule has 0 unspecified atom stereocenters. The summed E-state index contributed by atoms with van der Waals surface area (Å²) in [5.74, 6) is -0.833. The van der Waals surface area contributed by atoms with Crippen LogP contribution in [0.15, 0.2) is 0 Å². The Morgan fingerprint density at radius 1 is 1.07 bits per heavy atom. The van der Waals surface area contributed by atoms with Crippen LogP contribution in [-0.2, 0) is 9.53 Å². The first-order chi connectivity index (χ1) is 6.65. The fraction of sp³-hybridized carbons (Fsp3) is 0.909. The third-order valence-corrected chi connectivity index (χ3v) is 1.53. The van der Waals surface area contributed by atoms with Crippen LogP contribution in [0.5, 0.6) is 0 Å². The van der Waals surface area contributed by atoms with Crippen molar-refractivity contribution in [1.29, 1.82) is 0 Å². The molecule has 0 aliphatic rings. The van der Waals surface area contributed by atoms with Gasteiger partial charge in [-0.2, -0.15) is 0 Å². The molecule has 0 aromatic carbocycles. The molecule has 0 aliphatic heterocycles. The van der Waals surface area contributed by atoms with Gasteiger partial charge in [-0.1, -0.05) is 33.1 Å². The van der Waals surface area contributed by atoms with E-state index in [0.717, 1.165) is 20.1 Å². The lowest BCUT2D eigenvalue weighted by atomic mass is 10.3. The summed E-state index contributed by atoms with van der Waals surface area (Å²) in [7, 11) is 0. The van der Waals surface area contributed by atoms with E-state index >= 15 is 0 Å². The van der Waals surface area contributed by atoms with Crippen molar-refractivity contribution in [3.8, 4) is 0 Å². The quantitative estimate of drug-likeness (QED) is 0.648. The van der Waals surface area contributed by atoms with E-state index in [1.165, 1.54) is 32.1 Å². The molecule has 0 aliphatic carbocycles. The highest BCUT2D eigenvalue weighted by Gasteiger charge is 1.86. The molecule has 0 heterocycles. The zero-order valence-electron chi connectivity index (χ0n) is 9.71. The summed E-state index contributed by atoms with van der Waals surface area (Å²) in [4.78, 5) is 9.00. The van der Waals surface area contributed by atoms with Crippen molar-refractivity contribution in [3.63, 3.8) is 0 Å². The molecule has 0 bridgehead atoms. The van der Waals surface area contributed by atoms with Crippen LogP contribution in [0, 0.1) is 0 Å². The Morgan fingerprint density at radius 2 is 1.50 bits per heavy atom. The van der Waals surface area contributed by atoms with Gasteiger partial charge in [0.1, 0.15) is 0 Å². The molecule has 0 spiro atoms. The molecule has 0 saturated heterocycles. The van der Waals surface area contributed by atoms with Gasteiger partial charge in [-0.05, 0) is 12.8 Å². The molecule has 86 valence electrons. The number of carbonyl (C=O) groups is 1. The van der Waals surface area contributed by atoms with Crippen molar-refractivity contribution in [2.45, 2.75) is 52.9 Å². The van der Waals surface area contributed by atoms with Gasteiger partial charge in [0.05, 0.1) is 0 Å². The van der Waals surface area contributed by atoms with E-state index in [2.05, 4.69) is 13.8 Å². The minimum absolute atomic E-state index is 0.833. The van der Waals surface area contributed by atoms with E-state index < -0.39 is 5.97 Å². The van der Waals surface area contributed by atoms with Crippen LogP contribution in [0.3, 0.4) is 0 Å². The second-order valence-corrected chi connectivity index (χ2v) is 3.19. The summed E-state index contributed by atoms with van der Waals surface area (Å²) in [6.07, 6.45) is 6.30. The number of carboxylic acid groups (broad SMARTS) is 1. The summed E-state index contributed by atoms with van der Waals surface area (Å²) in [6, 6.07) is 0. The molecule has 0 aromatic rings. The van der Waals surface area contributed by atoms with Crippen molar-refractivity contribution in [2.75, 3.05) is 13.2 Å². The first-order valence-electron chi connectivity index (χ1n) is 5.42. The van der Waals surface area contributed by atoms with Crippen molar-refractivity contribution >= 4 is 5.97 Å². The summed E-state index contributed by atoms with van der Waals surface area (Å²) in [6.45, 7) is 7.41. The standard InChI is InChI=1S/C9H20O.C2H4O2/c1-3-5-7-9-10-8-6-4-2;1-2(3)4/h3-9H2,1-2H3;1H3,(H,3,4). The maximum Gasteiger partial charge on any atom is 0.300 e. The highest BCUT2D eigenvalue weighted by molar-refractivity contribution is 5.62. The van der Waals surface area contributed by atoms with Crippen LogP contribution in [0.1, 0.15) is 52.9 Å². The predicted molar refractivity (Wildman–Crippen MR) is 58.6 cm³/mol. The van der Waals surface area contributed by atoms with Gasteiger partial charge < -0.3 is 9.84 Å². The fourth-order valence-corrected chi connectivity index (χ4v) is 0.803. The second kappa shape index (κ2) is 14.9. The maximum absolute atomic E-state index is 9.00. The van der Waals surface area contributed by atoms with E-state index in [4.69, 9.17) is 14.6 Å². The minimum Gasteiger partial charge on any atom is -0.481 e. The van der Waals surface area contributed by atoms with E-state index in [0.29, 0.717) is 0 Å². The molecule has 3 nitrogen and oxygen atoms in total. The Hall–Kier alpha value is -0.570. The lowest BCUT2D eigenvalue weighted by molar-refractivity contribution is -0.134. The van der Waals surface area contributed by atoms with E-state index in [-0.39, 0.29) is 0 Å². The summed E-state index contributed by atoms with van der Waals surface area (Å²) >= 11 is 0. The molecule has 0 rings (SSSR count). The minimum atomic E-state index is -0.833. The third-order valence-electron chi connectivity index (χ3n) is 1.53. The van der Waals surface area contributed by atoms with Crippen molar-refractivity contribution in [1.82, 2.24) is 0 Å². The Morgan fingerprint density at radius 3 is 1.93 bits per heavy atom. The van der Waals surface area contributed by atoms with Gasteiger partial charge in [-0.3, -0.25) is 4.79 Å². The summed E-state index contributed by atoms with van der Waals surface area (Å²) in [5.41, 5.74) is 0. The first-order valence-corrected chi connectivity index (χ1v) is 5.42. The number of hydrogen-bond donors (Lipinski definition) is 1. The zero-order valence-corrected chi connectivity index (χ0v) is 9.71. The molecule has 3 heteroatoms. The van der Waals surface area contributed by atoms with Crippen LogP contribution in [-0.4, -0.2) is 24.3 Å². The monoisotopic (exact) mass is 204 g/mol. The van der Waals surface area contributed by atoms with Gasteiger partial charge in [0.25, 0.3) is 5.97 Å². The summed E-state index contributed by atoms with van der Waals surface area (Å²) < 4.78 is 5.38. The number of unbranched alkanes of at least 4 members (excludes halogenated alkanes) is 3. The Bertz CT molecular complexity index is 101. The number of hydrogen-bond acceptors (Lipinski definition) is 2. The van der Waals surface area contributed by atoms with Gasteiger partial charge in [0, 0.05) is 20.1 Å². The molecule has 0 fully saturated rings. The number of rotatable bonds is 7. The zero-order chi connectivity index (χ0) is 11.2. The molecule has 0 amide bonds. The van der Waals surface area contributed by atoms with Gasteiger partial charge in [-0.25, -0.2) is 0 Å². The lowest BCUT2D eigenvalue weighted by Crippen LogP contribution is -1.95. The molecular weight excluding hydrogens is 180 g/mol. The van der Waals surface area contributed by atoms with Crippen LogP contribution >= 0.6 is 0 Å². The normalized spacial score (nSPS) is 9.07. The fourth-order valence-electron chi connectivity index (χ4n) is 0.803. The maximum atomic E-state index is 9.00. The number of carboxylic acids is 1. The summed E-state index contributed by atoms with van der Waals surface area (Å²) in [5, 5.41) is 7.42. The van der Waals surface area contributed by atoms with Crippen LogP contribution in [0.4, 0.5) is 0 Å². The molecule has 0 aromatic heterocycles. The molecule has 14 heavy (non-hydrogen) atoms. The van der Waals surface area contributed by atoms with Crippen molar-refractivity contribution in [2.24, 2.45) is 0 Å². The number of aliphatic carboxylic acids is 1. The average Bonchev–Trinajstić information content (AvgIpc) is 2.10. The van der Waals surface area contributed by atoms with Crippen LogP contribution in [0.2, 0.25) is 0 Å². The highest BCUT2D eigenvalue weighted by atomic mass is 16.5. The average molecular weight is 204 g/mol. The largest absolute Gasteiger partial charge is 0.481 e. The highest BCUT2D eigenvalue weighted by Crippen LogP contribution is 1.95. The van der Waals surface area contributed by atoms with Crippen molar-refractivity contribution in [3.05, 3.63) is 0 Å². The van der Waals surface area contributed by atoms with E-state index in [1.54, 1.807) is 0 Å². The first kappa shape index (κ1) is 15.9. The smallest absolute Gasteiger partial charge is 0.300 e. The number of ether oxygens (including phenoxy) is 1. The van der Waals surface area contributed by atoms with Crippen molar-refractivity contribution < 1.29 is 14.6 Å². The van der Waals surface area contributed by atoms with Gasteiger partial charge in [-0.15, -0.1) is 0 Å².